The molecule has 0 radical (unpaired) electrons. The second kappa shape index (κ2) is 7.13. The second-order valence-electron chi connectivity index (χ2n) is 5.79. The van der Waals surface area contributed by atoms with Crippen LogP contribution in [0.25, 0.3) is 0 Å². The van der Waals surface area contributed by atoms with Gasteiger partial charge < -0.3 is 14.7 Å². The molecule has 1 saturated heterocycles. The Labute approximate surface area is 137 Å². The Morgan fingerprint density at radius 3 is 2.39 bits per heavy atom. The Kier molecular flexibility index (Phi) is 4.76. The number of piperazine rings is 1. The minimum atomic E-state index is 0.0922. The first-order chi connectivity index (χ1) is 11.2. The summed E-state index contributed by atoms with van der Waals surface area (Å²) in [5.74, 6) is 0.984. The van der Waals surface area contributed by atoms with E-state index in [-0.39, 0.29) is 6.03 Å². The van der Waals surface area contributed by atoms with E-state index in [9.17, 15) is 4.79 Å². The zero-order valence-electron chi connectivity index (χ0n) is 13.4. The number of hydrogen-bond donors (Lipinski definition) is 0. The minimum Gasteiger partial charge on any atom is -0.353 e. The van der Waals surface area contributed by atoms with Crippen LogP contribution in [0.3, 0.4) is 0 Å². The highest BCUT2D eigenvalue weighted by molar-refractivity contribution is 5.74. The van der Waals surface area contributed by atoms with Crippen LogP contribution in [0.4, 0.5) is 10.6 Å². The third-order valence-corrected chi connectivity index (χ3v) is 4.11. The van der Waals surface area contributed by atoms with Gasteiger partial charge in [0.2, 0.25) is 0 Å². The molecule has 1 aromatic heterocycles. The largest absolute Gasteiger partial charge is 0.353 e. The maximum absolute atomic E-state index is 12.6. The molecule has 0 saturated carbocycles. The third kappa shape index (κ3) is 3.80. The van der Waals surface area contributed by atoms with E-state index in [4.69, 9.17) is 0 Å². The van der Waals surface area contributed by atoms with E-state index in [0.717, 1.165) is 37.6 Å². The first kappa shape index (κ1) is 15.3. The van der Waals surface area contributed by atoms with E-state index in [1.165, 1.54) is 0 Å². The van der Waals surface area contributed by atoms with E-state index in [0.29, 0.717) is 6.54 Å². The lowest BCUT2D eigenvalue weighted by Crippen LogP contribution is -2.52. The molecule has 0 spiro atoms. The number of pyridine rings is 1. The average molecular weight is 310 g/mol. The molecule has 2 aromatic rings. The van der Waals surface area contributed by atoms with E-state index >= 15 is 0 Å². The Morgan fingerprint density at radius 2 is 1.74 bits per heavy atom. The summed E-state index contributed by atoms with van der Waals surface area (Å²) >= 11 is 0. The van der Waals surface area contributed by atoms with E-state index in [1.54, 1.807) is 11.1 Å². The molecule has 2 heterocycles. The van der Waals surface area contributed by atoms with Gasteiger partial charge in [-0.15, -0.1) is 0 Å². The molecule has 0 atom stereocenters. The van der Waals surface area contributed by atoms with Gasteiger partial charge in [-0.2, -0.15) is 0 Å². The van der Waals surface area contributed by atoms with Crippen molar-refractivity contribution in [3.05, 3.63) is 60.3 Å². The van der Waals surface area contributed by atoms with Crippen LogP contribution in [0.15, 0.2) is 54.7 Å². The van der Waals surface area contributed by atoms with Gasteiger partial charge in [0, 0.05) is 46.0 Å². The van der Waals surface area contributed by atoms with E-state index in [1.807, 2.05) is 60.5 Å². The van der Waals surface area contributed by atoms with Crippen LogP contribution in [0.1, 0.15) is 5.56 Å². The Hall–Kier alpha value is -2.56. The van der Waals surface area contributed by atoms with Gasteiger partial charge in [0.05, 0.1) is 0 Å². The zero-order valence-corrected chi connectivity index (χ0v) is 13.4. The lowest BCUT2D eigenvalue weighted by Gasteiger charge is -2.37. The number of benzene rings is 1. The Bertz CT molecular complexity index is 624. The van der Waals surface area contributed by atoms with Crippen molar-refractivity contribution in [2.24, 2.45) is 0 Å². The summed E-state index contributed by atoms with van der Waals surface area (Å²) in [6, 6.07) is 16.1. The van der Waals surface area contributed by atoms with Crippen molar-refractivity contribution in [1.29, 1.82) is 0 Å². The van der Waals surface area contributed by atoms with Crippen molar-refractivity contribution in [2.75, 3.05) is 38.1 Å². The first-order valence-corrected chi connectivity index (χ1v) is 7.94. The molecule has 1 aromatic carbocycles. The summed E-state index contributed by atoms with van der Waals surface area (Å²) in [7, 11) is 1.86. The number of urea groups is 1. The molecule has 120 valence electrons. The highest BCUT2D eigenvalue weighted by atomic mass is 16.2. The van der Waals surface area contributed by atoms with Crippen LogP contribution < -0.4 is 4.90 Å². The van der Waals surface area contributed by atoms with Crippen molar-refractivity contribution < 1.29 is 4.79 Å². The monoisotopic (exact) mass is 310 g/mol. The number of amides is 2. The lowest BCUT2D eigenvalue weighted by atomic mass is 10.2. The van der Waals surface area contributed by atoms with Crippen LogP contribution in [-0.2, 0) is 6.54 Å². The van der Waals surface area contributed by atoms with Crippen LogP contribution >= 0.6 is 0 Å². The highest BCUT2D eigenvalue weighted by Crippen LogP contribution is 2.14. The normalized spacial score (nSPS) is 14.7. The first-order valence-electron chi connectivity index (χ1n) is 7.94. The lowest BCUT2D eigenvalue weighted by molar-refractivity contribution is 0.157. The van der Waals surface area contributed by atoms with Crippen molar-refractivity contribution in [3.8, 4) is 0 Å². The fourth-order valence-electron chi connectivity index (χ4n) is 2.83. The fourth-order valence-corrected chi connectivity index (χ4v) is 2.83. The molecule has 5 heteroatoms. The summed E-state index contributed by atoms with van der Waals surface area (Å²) in [6.45, 7) is 3.74. The summed E-state index contributed by atoms with van der Waals surface area (Å²) in [5, 5.41) is 0. The number of hydrogen-bond acceptors (Lipinski definition) is 3. The minimum absolute atomic E-state index is 0.0922. The molecular weight excluding hydrogens is 288 g/mol. The number of carbonyl (C=O) groups excluding carboxylic acids is 1. The van der Waals surface area contributed by atoms with Crippen LogP contribution in [0.5, 0.6) is 0 Å². The van der Waals surface area contributed by atoms with Gasteiger partial charge >= 0.3 is 6.03 Å². The van der Waals surface area contributed by atoms with Gasteiger partial charge in [0.15, 0.2) is 0 Å². The molecule has 2 amide bonds. The molecule has 5 nitrogen and oxygen atoms in total. The van der Waals surface area contributed by atoms with Gasteiger partial charge in [0.25, 0.3) is 0 Å². The Balaban J connectivity index is 1.54. The number of nitrogens with zero attached hydrogens (tertiary/aromatic N) is 4. The van der Waals surface area contributed by atoms with Crippen LogP contribution in [0, 0.1) is 0 Å². The zero-order chi connectivity index (χ0) is 16.1. The van der Waals surface area contributed by atoms with E-state index in [2.05, 4.69) is 9.88 Å². The summed E-state index contributed by atoms with van der Waals surface area (Å²) < 4.78 is 0. The molecule has 1 aliphatic rings. The predicted octanol–water partition coefficient (Wildman–Crippen LogP) is 2.46. The summed E-state index contributed by atoms with van der Waals surface area (Å²) in [4.78, 5) is 22.9. The van der Waals surface area contributed by atoms with Gasteiger partial charge in [0.1, 0.15) is 5.82 Å². The van der Waals surface area contributed by atoms with Crippen LogP contribution in [-0.4, -0.2) is 54.0 Å². The van der Waals surface area contributed by atoms with Gasteiger partial charge in [-0.3, -0.25) is 0 Å². The molecule has 23 heavy (non-hydrogen) atoms. The third-order valence-electron chi connectivity index (χ3n) is 4.11. The highest BCUT2D eigenvalue weighted by Gasteiger charge is 2.24. The van der Waals surface area contributed by atoms with Crippen molar-refractivity contribution in [3.63, 3.8) is 0 Å². The molecule has 0 bridgehead atoms. The molecule has 1 fully saturated rings. The number of rotatable bonds is 3. The van der Waals surface area contributed by atoms with Gasteiger partial charge in [-0.1, -0.05) is 36.4 Å². The predicted molar refractivity (Wildman–Crippen MR) is 91.3 cm³/mol. The number of carbonyl (C=O) groups is 1. The second-order valence-corrected chi connectivity index (χ2v) is 5.79. The van der Waals surface area contributed by atoms with Crippen LogP contribution in [0.2, 0.25) is 0 Å². The Morgan fingerprint density at radius 1 is 1.04 bits per heavy atom. The summed E-state index contributed by atoms with van der Waals surface area (Å²) in [6.07, 6.45) is 1.81. The molecule has 0 aliphatic carbocycles. The van der Waals surface area contributed by atoms with Crippen molar-refractivity contribution >= 4 is 11.8 Å². The fraction of sp³-hybridized carbons (Fsp3) is 0.333. The summed E-state index contributed by atoms with van der Waals surface area (Å²) in [5.41, 5.74) is 1.15. The molecular formula is C18H22N4O. The SMILES string of the molecule is CN(Cc1ccccc1)C(=O)N1CCN(c2ccccn2)CC1. The maximum Gasteiger partial charge on any atom is 0.320 e. The molecule has 1 aliphatic heterocycles. The standard InChI is InChI=1S/C18H22N4O/c1-20(15-16-7-3-2-4-8-16)18(23)22-13-11-21(12-14-22)17-9-5-6-10-19-17/h2-10H,11-15H2,1H3. The molecule has 0 N–H and O–H groups in total. The van der Waals surface area contributed by atoms with E-state index < -0.39 is 0 Å². The van der Waals surface area contributed by atoms with Gasteiger partial charge in [-0.05, 0) is 17.7 Å². The number of anilines is 1. The van der Waals surface area contributed by atoms with Crippen molar-refractivity contribution in [1.82, 2.24) is 14.8 Å². The average Bonchev–Trinajstić information content (AvgIpc) is 2.63. The van der Waals surface area contributed by atoms with Crippen molar-refractivity contribution in [2.45, 2.75) is 6.54 Å². The topological polar surface area (TPSA) is 39.7 Å². The number of aromatic nitrogens is 1. The maximum atomic E-state index is 12.6. The molecule has 3 rings (SSSR count). The quantitative estimate of drug-likeness (QED) is 0.874. The smallest absolute Gasteiger partial charge is 0.320 e. The van der Waals surface area contributed by atoms with Gasteiger partial charge in [-0.25, -0.2) is 9.78 Å². The molecule has 0 unspecified atom stereocenters.